The van der Waals surface area contributed by atoms with Crippen LogP contribution in [0.25, 0.3) is 0 Å². The van der Waals surface area contributed by atoms with E-state index in [-0.39, 0.29) is 17.9 Å². The van der Waals surface area contributed by atoms with Crippen molar-refractivity contribution in [2.45, 2.75) is 44.7 Å². The van der Waals surface area contributed by atoms with Gasteiger partial charge in [-0.15, -0.1) is 0 Å². The highest BCUT2D eigenvalue weighted by molar-refractivity contribution is 5.87. The third-order valence-corrected chi connectivity index (χ3v) is 3.36. The summed E-state index contributed by atoms with van der Waals surface area (Å²) < 4.78 is 2.05. The molecule has 5 heteroatoms. The van der Waals surface area contributed by atoms with E-state index >= 15 is 0 Å². The van der Waals surface area contributed by atoms with Gasteiger partial charge >= 0.3 is 0 Å². The number of nitrogens with one attached hydrogen (secondary N) is 2. The average Bonchev–Trinajstić information content (AvgIpc) is 2.82. The average molecular weight is 263 g/mol. The maximum Gasteiger partial charge on any atom is 0.242 e. The van der Waals surface area contributed by atoms with Crippen molar-refractivity contribution in [1.82, 2.24) is 15.2 Å². The maximum atomic E-state index is 11.8. The van der Waals surface area contributed by atoms with Crippen LogP contribution in [0.5, 0.6) is 0 Å². The second kappa shape index (κ2) is 6.97. The number of aromatic nitrogens is 1. The van der Waals surface area contributed by atoms with E-state index in [1.54, 1.807) is 0 Å². The van der Waals surface area contributed by atoms with Gasteiger partial charge in [0.15, 0.2) is 0 Å². The highest BCUT2D eigenvalue weighted by Crippen LogP contribution is 2.06. The zero-order valence-corrected chi connectivity index (χ0v) is 11.1. The Morgan fingerprint density at radius 3 is 2.95 bits per heavy atom. The molecule has 0 aromatic carbocycles. The number of rotatable bonds is 5. The summed E-state index contributed by atoms with van der Waals surface area (Å²) in [5.41, 5.74) is 0. The van der Waals surface area contributed by atoms with Crippen LogP contribution in [0.1, 0.15) is 32.1 Å². The van der Waals surface area contributed by atoms with Gasteiger partial charge in [-0.1, -0.05) is 0 Å². The van der Waals surface area contributed by atoms with Crippen molar-refractivity contribution in [1.29, 1.82) is 0 Å². The highest BCUT2D eigenvalue weighted by Gasteiger charge is 2.21. The summed E-state index contributed by atoms with van der Waals surface area (Å²) in [7, 11) is 0. The number of carbonyl (C=O) groups excluding carboxylic acids is 2. The third kappa shape index (κ3) is 4.43. The van der Waals surface area contributed by atoms with Crippen LogP contribution in [0, 0.1) is 0 Å². The molecule has 2 amide bonds. The van der Waals surface area contributed by atoms with E-state index in [2.05, 4.69) is 10.6 Å². The van der Waals surface area contributed by atoms with E-state index in [9.17, 15) is 9.59 Å². The molecular formula is C14H21N3O2. The summed E-state index contributed by atoms with van der Waals surface area (Å²) in [5.74, 6) is -0.0783. The lowest BCUT2D eigenvalue weighted by Crippen LogP contribution is -2.45. The van der Waals surface area contributed by atoms with Crippen LogP contribution < -0.4 is 10.6 Å². The highest BCUT2D eigenvalue weighted by atomic mass is 16.2. The zero-order chi connectivity index (χ0) is 13.5. The van der Waals surface area contributed by atoms with E-state index in [1.807, 2.05) is 29.1 Å². The first-order valence-corrected chi connectivity index (χ1v) is 6.93. The zero-order valence-electron chi connectivity index (χ0n) is 11.1. The van der Waals surface area contributed by atoms with Crippen LogP contribution in [-0.4, -0.2) is 29.0 Å². The summed E-state index contributed by atoms with van der Waals surface area (Å²) in [6.07, 6.45) is 7.93. The number of hydrogen-bond acceptors (Lipinski definition) is 2. The van der Waals surface area contributed by atoms with Gasteiger partial charge in [0.2, 0.25) is 11.8 Å². The van der Waals surface area contributed by atoms with Crippen molar-refractivity contribution in [3.8, 4) is 0 Å². The molecule has 2 heterocycles. The van der Waals surface area contributed by atoms with Gasteiger partial charge in [-0.25, -0.2) is 0 Å². The Kier molecular flexibility index (Phi) is 5.01. The molecule has 0 bridgehead atoms. The normalized spacial score (nSPS) is 19.6. The van der Waals surface area contributed by atoms with Crippen LogP contribution >= 0.6 is 0 Å². The molecule has 104 valence electrons. The first-order valence-electron chi connectivity index (χ1n) is 6.93. The van der Waals surface area contributed by atoms with Gasteiger partial charge in [0, 0.05) is 31.9 Å². The quantitative estimate of drug-likeness (QED) is 0.834. The number of hydrogen-bond donors (Lipinski definition) is 2. The Labute approximate surface area is 113 Å². The number of nitrogens with zero attached hydrogens (tertiary/aromatic N) is 1. The van der Waals surface area contributed by atoms with Crippen molar-refractivity contribution in [3.63, 3.8) is 0 Å². The van der Waals surface area contributed by atoms with Gasteiger partial charge in [0.1, 0.15) is 6.04 Å². The van der Waals surface area contributed by atoms with Gasteiger partial charge in [-0.2, -0.15) is 0 Å². The van der Waals surface area contributed by atoms with E-state index in [0.29, 0.717) is 6.42 Å². The second-order valence-electron chi connectivity index (χ2n) is 4.93. The van der Waals surface area contributed by atoms with E-state index in [4.69, 9.17) is 0 Å². The Hall–Kier alpha value is -1.78. The lowest BCUT2D eigenvalue weighted by atomic mass is 10.1. The predicted octanol–water partition coefficient (Wildman–Crippen LogP) is 1.05. The van der Waals surface area contributed by atoms with Crippen molar-refractivity contribution in [2.75, 3.05) is 6.54 Å². The van der Waals surface area contributed by atoms with Crippen LogP contribution in [-0.2, 0) is 16.1 Å². The molecule has 2 rings (SSSR count). The molecule has 1 unspecified atom stereocenters. The summed E-state index contributed by atoms with van der Waals surface area (Å²) in [6.45, 7) is 1.55. The molecule has 0 aliphatic carbocycles. The molecule has 1 fully saturated rings. The molecule has 2 N–H and O–H groups in total. The Balaban J connectivity index is 1.69. The summed E-state index contributed by atoms with van der Waals surface area (Å²) in [4.78, 5) is 23.5. The van der Waals surface area contributed by atoms with Crippen molar-refractivity contribution in [2.24, 2.45) is 0 Å². The van der Waals surface area contributed by atoms with E-state index in [0.717, 1.165) is 38.8 Å². The molecule has 1 aromatic heterocycles. The minimum Gasteiger partial charge on any atom is -0.354 e. The number of carbonyl (C=O) groups is 2. The molecule has 0 radical (unpaired) electrons. The topological polar surface area (TPSA) is 63.1 Å². The van der Waals surface area contributed by atoms with Crippen LogP contribution in [0.3, 0.4) is 0 Å². The second-order valence-corrected chi connectivity index (χ2v) is 4.93. The third-order valence-electron chi connectivity index (χ3n) is 3.36. The molecule has 1 saturated heterocycles. The fourth-order valence-electron chi connectivity index (χ4n) is 2.28. The smallest absolute Gasteiger partial charge is 0.242 e. The Morgan fingerprint density at radius 2 is 2.16 bits per heavy atom. The van der Waals surface area contributed by atoms with Crippen molar-refractivity contribution < 1.29 is 9.59 Å². The molecule has 1 aliphatic rings. The number of aryl methyl sites for hydroxylation is 1. The van der Waals surface area contributed by atoms with Gasteiger partial charge in [0.25, 0.3) is 0 Å². The summed E-state index contributed by atoms with van der Waals surface area (Å²) in [5, 5.41) is 5.65. The van der Waals surface area contributed by atoms with Gasteiger partial charge < -0.3 is 15.2 Å². The first-order chi connectivity index (χ1) is 9.25. The molecular weight excluding hydrogens is 242 g/mol. The van der Waals surface area contributed by atoms with E-state index < -0.39 is 0 Å². The van der Waals surface area contributed by atoms with Crippen molar-refractivity contribution in [3.05, 3.63) is 24.5 Å². The minimum atomic E-state index is -0.346. The first kappa shape index (κ1) is 13.6. The SMILES string of the molecule is O=C(CCCn1cccc1)NC1CCCCNC1=O. The van der Waals surface area contributed by atoms with Crippen LogP contribution in [0.15, 0.2) is 24.5 Å². The minimum absolute atomic E-state index is 0.0331. The standard InChI is InChI=1S/C14H21N3O2/c18-13(7-5-11-17-9-3-4-10-17)16-12-6-1-2-8-15-14(12)19/h3-4,9-10,12H,1-2,5-8,11H2,(H,15,19)(H,16,18). The lowest BCUT2D eigenvalue weighted by molar-refractivity contribution is -0.128. The molecule has 1 atom stereocenters. The van der Waals surface area contributed by atoms with Gasteiger partial charge in [-0.3, -0.25) is 9.59 Å². The molecule has 1 aromatic rings. The fourth-order valence-corrected chi connectivity index (χ4v) is 2.28. The number of amides is 2. The van der Waals surface area contributed by atoms with Gasteiger partial charge in [-0.05, 0) is 37.8 Å². The monoisotopic (exact) mass is 263 g/mol. The fraction of sp³-hybridized carbons (Fsp3) is 0.571. The van der Waals surface area contributed by atoms with Crippen LogP contribution in [0.4, 0.5) is 0 Å². The largest absolute Gasteiger partial charge is 0.354 e. The molecule has 0 saturated carbocycles. The van der Waals surface area contributed by atoms with E-state index in [1.165, 1.54) is 0 Å². The summed E-state index contributed by atoms with van der Waals surface area (Å²) >= 11 is 0. The maximum absolute atomic E-state index is 11.8. The molecule has 19 heavy (non-hydrogen) atoms. The lowest BCUT2D eigenvalue weighted by Gasteiger charge is -2.15. The Bertz CT molecular complexity index is 414. The summed E-state index contributed by atoms with van der Waals surface area (Å²) in [6, 6.07) is 3.59. The van der Waals surface area contributed by atoms with Gasteiger partial charge in [0.05, 0.1) is 0 Å². The van der Waals surface area contributed by atoms with Crippen LogP contribution in [0.2, 0.25) is 0 Å². The molecule has 0 spiro atoms. The Morgan fingerprint density at radius 1 is 1.37 bits per heavy atom. The predicted molar refractivity (Wildman–Crippen MR) is 72.5 cm³/mol. The molecule has 1 aliphatic heterocycles. The van der Waals surface area contributed by atoms with Crippen molar-refractivity contribution >= 4 is 11.8 Å². The molecule has 5 nitrogen and oxygen atoms in total.